The Hall–Kier alpha value is -2.13. The third-order valence-electron chi connectivity index (χ3n) is 4.70. The molecular formula is C16H21N3O5S. The Morgan fingerprint density at radius 2 is 1.72 bits per heavy atom. The van der Waals surface area contributed by atoms with E-state index in [0.29, 0.717) is 31.9 Å². The molecule has 0 saturated carbocycles. The normalized spacial score (nSPS) is 22.4. The molecule has 1 atom stereocenters. The molecule has 1 aromatic rings. The van der Waals surface area contributed by atoms with E-state index in [4.69, 9.17) is 5.11 Å². The van der Waals surface area contributed by atoms with Crippen LogP contribution in [-0.4, -0.2) is 68.7 Å². The van der Waals surface area contributed by atoms with Crippen LogP contribution in [0.4, 0.5) is 11.4 Å². The monoisotopic (exact) mass is 367 g/mol. The molecule has 1 N–H and O–H groups in total. The van der Waals surface area contributed by atoms with E-state index in [0.717, 1.165) is 5.69 Å². The molecule has 2 aliphatic rings. The van der Waals surface area contributed by atoms with Crippen molar-refractivity contribution >= 4 is 33.3 Å². The predicted molar refractivity (Wildman–Crippen MR) is 93.2 cm³/mol. The summed E-state index contributed by atoms with van der Waals surface area (Å²) in [4.78, 5) is 27.0. The number of nitrogens with zero attached hydrogens (tertiary/aromatic N) is 3. The predicted octanol–water partition coefficient (Wildman–Crippen LogP) is 0.206. The summed E-state index contributed by atoms with van der Waals surface area (Å²) in [5, 5.41) is 9.17. The molecule has 0 spiro atoms. The Labute approximate surface area is 146 Å². The highest BCUT2D eigenvalue weighted by Crippen LogP contribution is 2.34. The number of sulfonamides is 1. The van der Waals surface area contributed by atoms with Crippen molar-refractivity contribution in [3.05, 3.63) is 24.3 Å². The fourth-order valence-corrected chi connectivity index (χ4v) is 4.15. The minimum absolute atomic E-state index is 0.00548. The van der Waals surface area contributed by atoms with E-state index in [1.165, 1.54) is 15.5 Å². The van der Waals surface area contributed by atoms with E-state index in [2.05, 4.69) is 0 Å². The molecule has 2 aliphatic heterocycles. The van der Waals surface area contributed by atoms with Crippen LogP contribution in [0.25, 0.3) is 0 Å². The Morgan fingerprint density at radius 1 is 1.12 bits per heavy atom. The second-order valence-electron chi connectivity index (χ2n) is 6.38. The molecule has 0 aromatic heterocycles. The number of rotatable bonds is 4. The lowest BCUT2D eigenvalue weighted by Gasteiger charge is -2.36. The minimum Gasteiger partial charge on any atom is -0.481 e. The first-order valence-electron chi connectivity index (χ1n) is 8.09. The Balaban J connectivity index is 1.81. The average molecular weight is 367 g/mol. The molecule has 8 nitrogen and oxygen atoms in total. The average Bonchev–Trinajstić information content (AvgIpc) is 2.96. The first kappa shape index (κ1) is 17.7. The number of carboxylic acid groups (broad SMARTS) is 1. The Morgan fingerprint density at radius 3 is 2.24 bits per heavy atom. The van der Waals surface area contributed by atoms with Crippen molar-refractivity contribution in [3.8, 4) is 0 Å². The van der Waals surface area contributed by atoms with Crippen LogP contribution in [0.2, 0.25) is 0 Å². The van der Waals surface area contributed by atoms with Gasteiger partial charge in [0.15, 0.2) is 0 Å². The summed E-state index contributed by atoms with van der Waals surface area (Å²) in [5.74, 6) is -1.85. The number of amides is 1. The van der Waals surface area contributed by atoms with Crippen molar-refractivity contribution in [2.75, 3.05) is 48.8 Å². The van der Waals surface area contributed by atoms with Gasteiger partial charge < -0.3 is 14.9 Å². The largest absolute Gasteiger partial charge is 0.481 e. The minimum atomic E-state index is -3.21. The van der Waals surface area contributed by atoms with Crippen molar-refractivity contribution in [1.29, 1.82) is 0 Å². The molecule has 3 rings (SSSR count). The van der Waals surface area contributed by atoms with Crippen molar-refractivity contribution < 1.29 is 23.1 Å². The maximum absolute atomic E-state index is 12.3. The van der Waals surface area contributed by atoms with Crippen LogP contribution >= 0.6 is 0 Å². The second kappa shape index (κ2) is 6.64. The summed E-state index contributed by atoms with van der Waals surface area (Å²) in [7, 11) is -3.21. The molecule has 2 heterocycles. The summed E-state index contributed by atoms with van der Waals surface area (Å²) in [6, 6.07) is 7.36. The third kappa shape index (κ3) is 3.62. The highest BCUT2D eigenvalue weighted by molar-refractivity contribution is 7.88. The van der Waals surface area contributed by atoms with E-state index >= 15 is 0 Å². The molecule has 136 valence electrons. The van der Waals surface area contributed by atoms with Gasteiger partial charge >= 0.3 is 5.97 Å². The molecule has 1 aromatic carbocycles. The molecule has 2 saturated heterocycles. The van der Waals surface area contributed by atoms with E-state index in [-0.39, 0.29) is 18.9 Å². The van der Waals surface area contributed by atoms with Crippen LogP contribution < -0.4 is 9.80 Å². The van der Waals surface area contributed by atoms with Gasteiger partial charge in [-0.25, -0.2) is 8.42 Å². The molecule has 0 aliphatic carbocycles. The number of benzene rings is 1. The maximum Gasteiger partial charge on any atom is 0.308 e. The number of carboxylic acids is 1. The first-order chi connectivity index (χ1) is 11.8. The molecule has 0 bridgehead atoms. The van der Waals surface area contributed by atoms with Gasteiger partial charge in [-0.3, -0.25) is 9.59 Å². The summed E-state index contributed by atoms with van der Waals surface area (Å²) >= 11 is 0. The molecule has 1 amide bonds. The van der Waals surface area contributed by atoms with E-state index in [1.807, 2.05) is 23.1 Å². The summed E-state index contributed by atoms with van der Waals surface area (Å²) in [6.07, 6.45) is 1.21. The lowest BCUT2D eigenvalue weighted by atomic mass is 10.1. The van der Waals surface area contributed by atoms with Crippen LogP contribution in [0.15, 0.2) is 24.3 Å². The topological polar surface area (TPSA) is 98.2 Å². The lowest BCUT2D eigenvalue weighted by molar-refractivity contribution is -0.141. The number of hydrogen-bond acceptors (Lipinski definition) is 5. The molecule has 0 radical (unpaired) electrons. The Bertz CT molecular complexity index is 787. The summed E-state index contributed by atoms with van der Waals surface area (Å²) in [5.41, 5.74) is 1.51. The SMILES string of the molecule is CS(=O)(=O)N1CCN(c2ccccc2N2C[C@H](C(=O)O)CC2=O)CC1. The standard InChI is InChI=1S/C16H21N3O5S/c1-25(23,24)18-8-6-17(7-9-18)13-4-2-3-5-14(13)19-11-12(16(21)22)10-15(19)20/h2-5,12H,6-11H2,1H3,(H,21,22)/t12-/m1/s1. The highest BCUT2D eigenvalue weighted by atomic mass is 32.2. The van der Waals surface area contributed by atoms with E-state index in [9.17, 15) is 18.0 Å². The second-order valence-corrected chi connectivity index (χ2v) is 8.36. The van der Waals surface area contributed by atoms with Gasteiger partial charge in [0.25, 0.3) is 0 Å². The molecule has 9 heteroatoms. The molecule has 2 fully saturated rings. The van der Waals surface area contributed by atoms with Crippen molar-refractivity contribution in [3.63, 3.8) is 0 Å². The summed E-state index contributed by atoms with van der Waals surface area (Å²) in [6.45, 7) is 1.98. The fraction of sp³-hybridized carbons (Fsp3) is 0.500. The summed E-state index contributed by atoms with van der Waals surface area (Å²) < 4.78 is 24.7. The Kier molecular flexibility index (Phi) is 4.70. The smallest absolute Gasteiger partial charge is 0.308 e. The van der Waals surface area contributed by atoms with Gasteiger partial charge in [-0.15, -0.1) is 0 Å². The van der Waals surface area contributed by atoms with Gasteiger partial charge in [0.2, 0.25) is 15.9 Å². The van der Waals surface area contributed by atoms with Crippen molar-refractivity contribution in [1.82, 2.24) is 4.31 Å². The van der Waals surface area contributed by atoms with Gasteiger partial charge in [0.05, 0.1) is 23.5 Å². The quantitative estimate of drug-likeness (QED) is 0.817. The molecule has 25 heavy (non-hydrogen) atoms. The number of aliphatic carboxylic acids is 1. The highest BCUT2D eigenvalue weighted by Gasteiger charge is 2.36. The van der Waals surface area contributed by atoms with Crippen molar-refractivity contribution in [2.24, 2.45) is 5.92 Å². The van der Waals surface area contributed by atoms with E-state index < -0.39 is 21.9 Å². The van der Waals surface area contributed by atoms with Crippen LogP contribution in [0.1, 0.15) is 6.42 Å². The number of anilines is 2. The number of carbonyl (C=O) groups excluding carboxylic acids is 1. The molecule has 0 unspecified atom stereocenters. The van der Waals surface area contributed by atoms with Crippen LogP contribution in [-0.2, 0) is 19.6 Å². The van der Waals surface area contributed by atoms with Gasteiger partial charge in [-0.2, -0.15) is 4.31 Å². The third-order valence-corrected chi connectivity index (χ3v) is 6.00. The van der Waals surface area contributed by atoms with Gasteiger partial charge in [-0.05, 0) is 12.1 Å². The number of piperazine rings is 1. The van der Waals surface area contributed by atoms with Gasteiger partial charge in [0, 0.05) is 39.1 Å². The lowest BCUT2D eigenvalue weighted by Crippen LogP contribution is -2.48. The van der Waals surface area contributed by atoms with Crippen LogP contribution in [0.3, 0.4) is 0 Å². The zero-order valence-corrected chi connectivity index (χ0v) is 14.8. The fourth-order valence-electron chi connectivity index (χ4n) is 3.33. The zero-order valence-electron chi connectivity index (χ0n) is 14.0. The number of hydrogen-bond donors (Lipinski definition) is 1. The van der Waals surface area contributed by atoms with Crippen LogP contribution in [0.5, 0.6) is 0 Å². The number of carbonyl (C=O) groups is 2. The zero-order chi connectivity index (χ0) is 18.2. The maximum atomic E-state index is 12.3. The van der Waals surface area contributed by atoms with Crippen LogP contribution in [0, 0.1) is 5.92 Å². The molecular weight excluding hydrogens is 346 g/mol. The van der Waals surface area contributed by atoms with E-state index in [1.54, 1.807) is 6.07 Å². The van der Waals surface area contributed by atoms with Gasteiger partial charge in [-0.1, -0.05) is 12.1 Å². The van der Waals surface area contributed by atoms with Crippen molar-refractivity contribution in [2.45, 2.75) is 6.42 Å². The van der Waals surface area contributed by atoms with Gasteiger partial charge in [0.1, 0.15) is 0 Å². The number of para-hydroxylation sites is 2. The first-order valence-corrected chi connectivity index (χ1v) is 9.94.